The molecule has 17 heavy (non-hydrogen) atoms. The Morgan fingerprint density at radius 1 is 1.47 bits per heavy atom. The Morgan fingerprint density at radius 2 is 2.35 bits per heavy atom. The van der Waals surface area contributed by atoms with Crippen molar-refractivity contribution in [3.8, 4) is 5.75 Å². The minimum atomic E-state index is -0.171. The molecule has 0 amide bonds. The highest BCUT2D eigenvalue weighted by Gasteiger charge is 2.45. The lowest BCUT2D eigenvalue weighted by atomic mass is 9.82. The zero-order chi connectivity index (χ0) is 11.9. The van der Waals surface area contributed by atoms with E-state index in [0.29, 0.717) is 6.04 Å². The van der Waals surface area contributed by atoms with E-state index in [0.717, 1.165) is 31.4 Å². The number of benzene rings is 1. The van der Waals surface area contributed by atoms with Gasteiger partial charge < -0.3 is 15.2 Å². The van der Waals surface area contributed by atoms with Gasteiger partial charge in [-0.2, -0.15) is 0 Å². The van der Waals surface area contributed by atoms with Crippen LogP contribution in [0.2, 0.25) is 0 Å². The first kappa shape index (κ1) is 11.1. The molecule has 2 heterocycles. The van der Waals surface area contributed by atoms with Crippen LogP contribution in [-0.2, 0) is 5.54 Å². The SMILES string of the molecule is COc1cccc(C23CCC(CC(O)C2)N3)c1. The van der Waals surface area contributed by atoms with Gasteiger partial charge >= 0.3 is 0 Å². The van der Waals surface area contributed by atoms with Crippen molar-refractivity contribution in [2.45, 2.75) is 43.4 Å². The van der Waals surface area contributed by atoms with Gasteiger partial charge in [-0.05, 0) is 43.4 Å². The minimum absolute atomic E-state index is 0.0309. The van der Waals surface area contributed by atoms with Crippen molar-refractivity contribution in [3.05, 3.63) is 29.8 Å². The Balaban J connectivity index is 1.96. The molecule has 0 radical (unpaired) electrons. The summed E-state index contributed by atoms with van der Waals surface area (Å²) in [5, 5.41) is 13.7. The summed E-state index contributed by atoms with van der Waals surface area (Å²) in [6.07, 6.45) is 3.81. The average Bonchev–Trinajstić information content (AvgIpc) is 2.66. The van der Waals surface area contributed by atoms with Gasteiger partial charge in [-0.15, -0.1) is 0 Å². The summed E-state index contributed by atoms with van der Waals surface area (Å²) < 4.78 is 5.29. The molecule has 2 fully saturated rings. The lowest BCUT2D eigenvalue weighted by molar-refractivity contribution is 0.0800. The molecule has 0 spiro atoms. The highest BCUT2D eigenvalue weighted by Crippen LogP contribution is 2.43. The van der Waals surface area contributed by atoms with Crippen molar-refractivity contribution in [2.75, 3.05) is 7.11 Å². The average molecular weight is 233 g/mol. The van der Waals surface area contributed by atoms with Gasteiger partial charge in [-0.1, -0.05) is 12.1 Å². The van der Waals surface area contributed by atoms with E-state index in [2.05, 4.69) is 17.4 Å². The van der Waals surface area contributed by atoms with Gasteiger partial charge in [0.05, 0.1) is 13.2 Å². The van der Waals surface area contributed by atoms with E-state index in [1.54, 1.807) is 7.11 Å². The molecule has 2 N–H and O–H groups in total. The van der Waals surface area contributed by atoms with E-state index in [1.807, 2.05) is 12.1 Å². The Morgan fingerprint density at radius 3 is 3.18 bits per heavy atom. The zero-order valence-corrected chi connectivity index (χ0v) is 10.1. The summed E-state index contributed by atoms with van der Waals surface area (Å²) in [6, 6.07) is 8.69. The van der Waals surface area contributed by atoms with Crippen LogP contribution >= 0.6 is 0 Å². The minimum Gasteiger partial charge on any atom is -0.497 e. The number of aliphatic hydroxyl groups excluding tert-OH is 1. The van der Waals surface area contributed by atoms with Crippen molar-refractivity contribution < 1.29 is 9.84 Å². The van der Waals surface area contributed by atoms with Crippen molar-refractivity contribution in [2.24, 2.45) is 0 Å². The number of ether oxygens (including phenoxy) is 1. The van der Waals surface area contributed by atoms with Crippen LogP contribution in [-0.4, -0.2) is 24.4 Å². The Labute approximate surface area is 102 Å². The van der Waals surface area contributed by atoms with Crippen LogP contribution in [0.1, 0.15) is 31.2 Å². The third kappa shape index (κ3) is 1.83. The monoisotopic (exact) mass is 233 g/mol. The van der Waals surface area contributed by atoms with Gasteiger partial charge in [0.2, 0.25) is 0 Å². The third-order valence-corrected chi connectivity index (χ3v) is 4.16. The molecule has 3 heteroatoms. The summed E-state index contributed by atoms with van der Waals surface area (Å²) in [5.41, 5.74) is 1.22. The third-order valence-electron chi connectivity index (χ3n) is 4.16. The summed E-state index contributed by atoms with van der Waals surface area (Å²) in [7, 11) is 1.69. The van der Waals surface area contributed by atoms with Crippen LogP contribution in [0.4, 0.5) is 0 Å². The number of methoxy groups -OCH3 is 1. The standard InChI is InChI=1S/C14H19NO2/c1-17-13-4-2-3-10(7-13)14-6-5-11(15-14)8-12(16)9-14/h2-4,7,11-12,15-16H,5-6,8-9H2,1H3. The van der Waals surface area contributed by atoms with Gasteiger partial charge in [0, 0.05) is 11.6 Å². The predicted octanol–water partition coefficient (Wildman–Crippen LogP) is 1.80. The summed E-state index contributed by atoms with van der Waals surface area (Å²) in [4.78, 5) is 0. The quantitative estimate of drug-likeness (QED) is 0.818. The lowest BCUT2D eigenvalue weighted by Crippen LogP contribution is -2.48. The maximum Gasteiger partial charge on any atom is 0.119 e. The van der Waals surface area contributed by atoms with Crippen molar-refractivity contribution in [3.63, 3.8) is 0 Å². The molecule has 2 bridgehead atoms. The molecular weight excluding hydrogens is 214 g/mol. The first-order valence-electron chi connectivity index (χ1n) is 6.32. The van der Waals surface area contributed by atoms with Gasteiger partial charge in [0.15, 0.2) is 0 Å². The molecule has 3 atom stereocenters. The van der Waals surface area contributed by atoms with Crippen LogP contribution in [0, 0.1) is 0 Å². The molecule has 0 aromatic heterocycles. The highest BCUT2D eigenvalue weighted by molar-refractivity contribution is 5.35. The number of piperidine rings is 1. The molecule has 3 unspecified atom stereocenters. The van der Waals surface area contributed by atoms with E-state index < -0.39 is 0 Å². The number of hydrogen-bond acceptors (Lipinski definition) is 3. The molecule has 3 nitrogen and oxygen atoms in total. The van der Waals surface area contributed by atoms with E-state index in [4.69, 9.17) is 4.74 Å². The van der Waals surface area contributed by atoms with E-state index in [-0.39, 0.29) is 11.6 Å². The summed E-state index contributed by atoms with van der Waals surface area (Å²) in [6.45, 7) is 0. The van der Waals surface area contributed by atoms with Crippen LogP contribution < -0.4 is 10.1 Å². The Kier molecular flexibility index (Phi) is 2.60. The maximum absolute atomic E-state index is 9.97. The van der Waals surface area contributed by atoms with E-state index in [1.165, 1.54) is 5.56 Å². The largest absolute Gasteiger partial charge is 0.497 e. The molecule has 2 aliphatic heterocycles. The lowest BCUT2D eigenvalue weighted by Gasteiger charge is -2.38. The molecule has 1 aromatic carbocycles. The molecule has 2 saturated heterocycles. The van der Waals surface area contributed by atoms with Crippen LogP contribution in [0.5, 0.6) is 5.75 Å². The smallest absolute Gasteiger partial charge is 0.119 e. The molecule has 1 aromatic rings. The number of nitrogens with one attached hydrogen (secondary N) is 1. The van der Waals surface area contributed by atoms with Crippen LogP contribution in [0.15, 0.2) is 24.3 Å². The van der Waals surface area contributed by atoms with Gasteiger partial charge in [-0.25, -0.2) is 0 Å². The fourth-order valence-corrected chi connectivity index (χ4v) is 3.37. The topological polar surface area (TPSA) is 41.5 Å². The summed E-state index contributed by atoms with van der Waals surface area (Å²) >= 11 is 0. The second-order valence-electron chi connectivity index (χ2n) is 5.29. The molecule has 3 rings (SSSR count). The fourth-order valence-electron chi connectivity index (χ4n) is 3.37. The van der Waals surface area contributed by atoms with E-state index in [9.17, 15) is 5.11 Å². The van der Waals surface area contributed by atoms with Gasteiger partial charge in [0.1, 0.15) is 5.75 Å². The van der Waals surface area contributed by atoms with E-state index >= 15 is 0 Å². The molecule has 92 valence electrons. The number of fused-ring (bicyclic) bond motifs is 2. The van der Waals surface area contributed by atoms with Crippen LogP contribution in [0.25, 0.3) is 0 Å². The van der Waals surface area contributed by atoms with Gasteiger partial charge in [-0.3, -0.25) is 0 Å². The second-order valence-corrected chi connectivity index (χ2v) is 5.29. The van der Waals surface area contributed by atoms with Crippen molar-refractivity contribution in [1.82, 2.24) is 5.32 Å². The molecule has 0 saturated carbocycles. The maximum atomic E-state index is 9.97. The van der Waals surface area contributed by atoms with Crippen molar-refractivity contribution >= 4 is 0 Å². The predicted molar refractivity (Wildman–Crippen MR) is 66.1 cm³/mol. The first-order valence-corrected chi connectivity index (χ1v) is 6.32. The van der Waals surface area contributed by atoms with Crippen LogP contribution in [0.3, 0.4) is 0 Å². The van der Waals surface area contributed by atoms with Crippen molar-refractivity contribution in [1.29, 1.82) is 0 Å². The fraction of sp³-hybridized carbons (Fsp3) is 0.571. The zero-order valence-electron chi connectivity index (χ0n) is 10.1. The number of aliphatic hydroxyl groups is 1. The molecule has 2 aliphatic rings. The highest BCUT2D eigenvalue weighted by atomic mass is 16.5. The Hall–Kier alpha value is -1.06. The first-order chi connectivity index (χ1) is 8.22. The normalized spacial score (nSPS) is 35.9. The second kappa shape index (κ2) is 4.00. The summed E-state index contributed by atoms with van der Waals surface area (Å²) in [5.74, 6) is 0.891. The number of rotatable bonds is 2. The molecule has 0 aliphatic carbocycles. The molecular formula is C14H19NO2. The Bertz CT molecular complexity index is 420. The van der Waals surface area contributed by atoms with Gasteiger partial charge in [0.25, 0.3) is 0 Å². The number of hydrogen-bond donors (Lipinski definition) is 2.